The highest BCUT2D eigenvalue weighted by Gasteiger charge is 2.11. The predicted octanol–water partition coefficient (Wildman–Crippen LogP) is 3.24. The zero-order chi connectivity index (χ0) is 12.4. The largest absolute Gasteiger partial charge is 0.493 e. The van der Waals surface area contributed by atoms with Crippen LogP contribution in [-0.4, -0.2) is 19.5 Å². The Hall–Kier alpha value is -1.74. The normalized spacial score (nSPS) is 10.3. The molecule has 0 aliphatic carbocycles. The Morgan fingerprint density at radius 3 is 2.35 bits per heavy atom. The van der Waals surface area contributed by atoms with Gasteiger partial charge in [-0.05, 0) is 40.6 Å². The van der Waals surface area contributed by atoms with Crippen LogP contribution in [0.1, 0.15) is 10.4 Å². The minimum atomic E-state index is -0.484. The Bertz CT molecular complexity index is 578. The van der Waals surface area contributed by atoms with E-state index in [1.54, 1.807) is 32.4 Å². The zero-order valence-electron chi connectivity index (χ0n) is 9.49. The number of benzene rings is 2. The summed E-state index contributed by atoms with van der Waals surface area (Å²) in [5.74, 6) is 1.20. The molecule has 0 N–H and O–H groups in total. The Labute approximate surface area is 104 Å². The molecule has 2 rings (SSSR count). The van der Waals surface area contributed by atoms with Gasteiger partial charge >= 0.3 is 0 Å². The molecule has 4 heteroatoms. The molecule has 88 valence electrons. The summed E-state index contributed by atoms with van der Waals surface area (Å²) in [6.45, 7) is 0. The third-order valence-electron chi connectivity index (χ3n) is 2.60. The van der Waals surface area contributed by atoms with Gasteiger partial charge in [0.15, 0.2) is 11.5 Å². The van der Waals surface area contributed by atoms with E-state index >= 15 is 0 Å². The molecule has 0 unspecified atom stereocenters. The number of fused-ring (bicyclic) bond motifs is 1. The molecule has 0 radical (unpaired) electrons. The van der Waals surface area contributed by atoms with Gasteiger partial charge in [0, 0.05) is 5.56 Å². The van der Waals surface area contributed by atoms with Crippen molar-refractivity contribution in [1.82, 2.24) is 0 Å². The van der Waals surface area contributed by atoms with Crippen LogP contribution in [0, 0.1) is 0 Å². The summed E-state index contributed by atoms with van der Waals surface area (Å²) >= 11 is 5.54. The van der Waals surface area contributed by atoms with Gasteiger partial charge in [0.05, 0.1) is 14.2 Å². The number of halogens is 1. The number of carbonyl (C=O) groups is 1. The third kappa shape index (κ3) is 2.06. The molecule has 17 heavy (non-hydrogen) atoms. The Morgan fingerprint density at radius 1 is 1.12 bits per heavy atom. The Balaban J connectivity index is 2.78. The van der Waals surface area contributed by atoms with Crippen molar-refractivity contribution in [2.75, 3.05) is 14.2 Å². The number of methoxy groups -OCH3 is 2. The average molecular weight is 251 g/mol. The molecular formula is C13H11ClO3. The molecule has 0 fully saturated rings. The standard InChI is InChI=1S/C13H11ClO3/c1-16-11-6-8-4-3-5-9(13(14)15)10(8)7-12(11)17-2/h3-7H,1-2H3. The lowest BCUT2D eigenvalue weighted by molar-refractivity contribution is 0.108. The van der Waals surface area contributed by atoms with Crippen LogP contribution in [0.15, 0.2) is 30.3 Å². The van der Waals surface area contributed by atoms with E-state index in [4.69, 9.17) is 21.1 Å². The summed E-state index contributed by atoms with van der Waals surface area (Å²) in [7, 11) is 3.12. The van der Waals surface area contributed by atoms with Crippen molar-refractivity contribution in [2.45, 2.75) is 0 Å². The van der Waals surface area contributed by atoms with Gasteiger partial charge in [0.1, 0.15) is 0 Å². The van der Waals surface area contributed by atoms with E-state index in [1.807, 2.05) is 12.1 Å². The molecule has 0 bridgehead atoms. The van der Waals surface area contributed by atoms with Gasteiger partial charge in [-0.25, -0.2) is 0 Å². The van der Waals surface area contributed by atoms with Gasteiger partial charge in [-0.3, -0.25) is 4.79 Å². The van der Waals surface area contributed by atoms with E-state index in [0.717, 1.165) is 10.8 Å². The molecule has 0 aliphatic heterocycles. The van der Waals surface area contributed by atoms with Crippen LogP contribution >= 0.6 is 11.6 Å². The van der Waals surface area contributed by atoms with E-state index < -0.39 is 5.24 Å². The van der Waals surface area contributed by atoms with Crippen molar-refractivity contribution < 1.29 is 14.3 Å². The van der Waals surface area contributed by atoms with E-state index in [9.17, 15) is 4.79 Å². The van der Waals surface area contributed by atoms with E-state index in [1.165, 1.54) is 0 Å². The molecule has 2 aromatic carbocycles. The highest BCUT2D eigenvalue weighted by atomic mass is 35.5. The Morgan fingerprint density at radius 2 is 1.76 bits per heavy atom. The first-order chi connectivity index (χ1) is 8.17. The molecule has 0 atom stereocenters. The third-order valence-corrected chi connectivity index (χ3v) is 2.80. The molecule has 0 saturated heterocycles. The molecule has 0 amide bonds. The Kier molecular flexibility index (Phi) is 3.20. The molecule has 0 aromatic heterocycles. The molecular weight excluding hydrogens is 240 g/mol. The van der Waals surface area contributed by atoms with Crippen LogP contribution in [0.3, 0.4) is 0 Å². The van der Waals surface area contributed by atoms with Crippen LogP contribution < -0.4 is 9.47 Å². The minimum Gasteiger partial charge on any atom is -0.493 e. The number of ether oxygens (including phenoxy) is 2. The zero-order valence-corrected chi connectivity index (χ0v) is 10.2. The molecule has 0 aliphatic rings. The van der Waals surface area contributed by atoms with Gasteiger partial charge in [0.2, 0.25) is 0 Å². The highest BCUT2D eigenvalue weighted by molar-refractivity contribution is 6.68. The number of hydrogen-bond acceptors (Lipinski definition) is 3. The molecule has 0 spiro atoms. The van der Waals surface area contributed by atoms with E-state index in [0.29, 0.717) is 17.1 Å². The first kappa shape index (κ1) is 11.7. The summed E-state index contributed by atoms with van der Waals surface area (Å²) in [6.07, 6.45) is 0. The molecule has 2 aromatic rings. The summed E-state index contributed by atoms with van der Waals surface area (Å²) in [4.78, 5) is 11.3. The molecule has 3 nitrogen and oxygen atoms in total. The number of hydrogen-bond donors (Lipinski definition) is 0. The maximum Gasteiger partial charge on any atom is 0.253 e. The SMILES string of the molecule is COc1cc2cccc(C(=O)Cl)c2cc1OC. The fraction of sp³-hybridized carbons (Fsp3) is 0.154. The van der Waals surface area contributed by atoms with Gasteiger partial charge in [-0.15, -0.1) is 0 Å². The highest BCUT2D eigenvalue weighted by Crippen LogP contribution is 2.33. The second-order valence-electron chi connectivity index (χ2n) is 3.51. The maximum atomic E-state index is 11.3. The van der Waals surface area contributed by atoms with Crippen molar-refractivity contribution in [3.8, 4) is 11.5 Å². The van der Waals surface area contributed by atoms with Crippen molar-refractivity contribution in [1.29, 1.82) is 0 Å². The van der Waals surface area contributed by atoms with Gasteiger partial charge in [-0.2, -0.15) is 0 Å². The summed E-state index contributed by atoms with van der Waals surface area (Å²) < 4.78 is 10.4. The fourth-order valence-corrected chi connectivity index (χ4v) is 1.94. The van der Waals surface area contributed by atoms with Crippen LogP contribution in [0.25, 0.3) is 10.8 Å². The monoisotopic (exact) mass is 250 g/mol. The lowest BCUT2D eigenvalue weighted by Gasteiger charge is -2.10. The van der Waals surface area contributed by atoms with Crippen molar-refractivity contribution in [3.05, 3.63) is 35.9 Å². The lowest BCUT2D eigenvalue weighted by atomic mass is 10.0. The van der Waals surface area contributed by atoms with E-state index in [-0.39, 0.29) is 0 Å². The predicted molar refractivity (Wildman–Crippen MR) is 67.2 cm³/mol. The van der Waals surface area contributed by atoms with Crippen molar-refractivity contribution in [3.63, 3.8) is 0 Å². The fourth-order valence-electron chi connectivity index (χ4n) is 1.78. The van der Waals surface area contributed by atoms with Gasteiger partial charge in [0.25, 0.3) is 5.24 Å². The van der Waals surface area contributed by atoms with Crippen LogP contribution in [-0.2, 0) is 0 Å². The first-order valence-electron chi connectivity index (χ1n) is 5.02. The van der Waals surface area contributed by atoms with Gasteiger partial charge < -0.3 is 9.47 Å². The lowest BCUT2D eigenvalue weighted by Crippen LogP contribution is -1.94. The van der Waals surface area contributed by atoms with Crippen LogP contribution in [0.2, 0.25) is 0 Å². The quantitative estimate of drug-likeness (QED) is 0.785. The number of carbonyl (C=O) groups excluding carboxylic acids is 1. The second kappa shape index (κ2) is 4.63. The summed E-state index contributed by atoms with van der Waals surface area (Å²) in [5.41, 5.74) is 0.463. The average Bonchev–Trinajstić information content (AvgIpc) is 2.35. The molecule has 0 saturated carbocycles. The smallest absolute Gasteiger partial charge is 0.253 e. The van der Waals surface area contributed by atoms with Crippen molar-refractivity contribution in [2.24, 2.45) is 0 Å². The first-order valence-corrected chi connectivity index (χ1v) is 5.39. The van der Waals surface area contributed by atoms with E-state index in [2.05, 4.69) is 0 Å². The minimum absolute atomic E-state index is 0.463. The summed E-state index contributed by atoms with van der Waals surface area (Å²) in [6, 6.07) is 8.93. The molecule has 0 heterocycles. The number of rotatable bonds is 3. The van der Waals surface area contributed by atoms with Crippen LogP contribution in [0.5, 0.6) is 11.5 Å². The van der Waals surface area contributed by atoms with Gasteiger partial charge in [-0.1, -0.05) is 12.1 Å². The van der Waals surface area contributed by atoms with Crippen LogP contribution in [0.4, 0.5) is 0 Å². The maximum absolute atomic E-state index is 11.3. The second-order valence-corrected chi connectivity index (χ2v) is 3.85. The van der Waals surface area contributed by atoms with Crippen molar-refractivity contribution >= 4 is 27.6 Å². The topological polar surface area (TPSA) is 35.5 Å². The summed E-state index contributed by atoms with van der Waals surface area (Å²) in [5, 5.41) is 1.15.